The molecule has 0 fully saturated rings. The van der Waals surface area contributed by atoms with E-state index in [0.717, 1.165) is 23.4 Å². The van der Waals surface area contributed by atoms with Gasteiger partial charge in [0.25, 0.3) is 0 Å². The van der Waals surface area contributed by atoms with E-state index in [1.54, 1.807) is 0 Å². The number of hydrogen-bond acceptors (Lipinski definition) is 0. The van der Waals surface area contributed by atoms with E-state index in [2.05, 4.69) is 42.5 Å². The second-order valence-electron chi connectivity index (χ2n) is 6.48. The molecule has 0 radical (unpaired) electrons. The Morgan fingerprint density at radius 1 is 0.920 bits per heavy atom. The normalized spacial score (nSPS) is 16.2. The molecule has 0 spiro atoms. The lowest BCUT2D eigenvalue weighted by atomic mass is 9.78. The fraction of sp³-hybridized carbons (Fsp3) is 0.130. The molecule has 4 rings (SSSR count). The number of allylic oxidation sites excluding steroid dienone is 1. The molecule has 0 amide bonds. The zero-order valence-electron chi connectivity index (χ0n) is 13.8. The lowest BCUT2D eigenvalue weighted by molar-refractivity contribution is 0.625. The average molecular weight is 349 g/mol. The average Bonchev–Trinajstić information content (AvgIpc) is 2.64. The lowest BCUT2D eigenvalue weighted by Gasteiger charge is -2.26. The lowest BCUT2D eigenvalue weighted by Crippen LogP contribution is -2.10. The predicted molar refractivity (Wildman–Crippen MR) is 102 cm³/mol. The van der Waals surface area contributed by atoms with Crippen molar-refractivity contribution in [3.05, 3.63) is 112 Å². The van der Waals surface area contributed by atoms with Crippen molar-refractivity contribution in [1.82, 2.24) is 0 Å². The standard InChI is InChI=1S/C23H18ClF/c24-19-9-13-22-21(17-4-2-1-3-5-17)12-8-18(23(22)15-19)14-16-6-10-20(25)11-7-16/h1-7,9-13,15,18H,8,14H2. The molecule has 0 aliphatic heterocycles. The molecule has 3 aromatic rings. The van der Waals surface area contributed by atoms with Crippen LogP contribution in [0.1, 0.15) is 34.6 Å². The van der Waals surface area contributed by atoms with Gasteiger partial charge in [0.05, 0.1) is 0 Å². The van der Waals surface area contributed by atoms with Gasteiger partial charge in [-0.2, -0.15) is 0 Å². The molecule has 2 heteroatoms. The first-order valence-electron chi connectivity index (χ1n) is 8.50. The summed E-state index contributed by atoms with van der Waals surface area (Å²) in [6.07, 6.45) is 4.15. The van der Waals surface area contributed by atoms with Crippen LogP contribution in [0.25, 0.3) is 5.57 Å². The molecular formula is C23H18ClF. The van der Waals surface area contributed by atoms with Crippen molar-refractivity contribution < 1.29 is 4.39 Å². The van der Waals surface area contributed by atoms with Crippen LogP contribution in [0.2, 0.25) is 5.02 Å². The van der Waals surface area contributed by atoms with Crippen LogP contribution in [0.5, 0.6) is 0 Å². The van der Waals surface area contributed by atoms with Gasteiger partial charge in [0.2, 0.25) is 0 Å². The Balaban J connectivity index is 1.72. The Morgan fingerprint density at radius 3 is 2.44 bits per heavy atom. The van der Waals surface area contributed by atoms with Crippen LogP contribution in [0.4, 0.5) is 4.39 Å². The highest BCUT2D eigenvalue weighted by Gasteiger charge is 2.23. The van der Waals surface area contributed by atoms with Gasteiger partial charge in [0, 0.05) is 5.02 Å². The second-order valence-corrected chi connectivity index (χ2v) is 6.92. The Kier molecular flexibility index (Phi) is 4.42. The van der Waals surface area contributed by atoms with E-state index in [9.17, 15) is 4.39 Å². The van der Waals surface area contributed by atoms with Crippen molar-refractivity contribution in [2.45, 2.75) is 18.8 Å². The smallest absolute Gasteiger partial charge is 0.123 e. The van der Waals surface area contributed by atoms with Gasteiger partial charge in [0.15, 0.2) is 0 Å². The van der Waals surface area contributed by atoms with Crippen molar-refractivity contribution in [1.29, 1.82) is 0 Å². The number of benzene rings is 3. The van der Waals surface area contributed by atoms with E-state index in [4.69, 9.17) is 11.6 Å². The molecule has 0 aromatic heterocycles. The van der Waals surface area contributed by atoms with Crippen LogP contribution in [0, 0.1) is 5.82 Å². The molecule has 124 valence electrons. The number of halogens is 2. The molecule has 0 N–H and O–H groups in total. The van der Waals surface area contributed by atoms with Crippen molar-refractivity contribution in [2.24, 2.45) is 0 Å². The van der Waals surface area contributed by atoms with E-state index in [0.29, 0.717) is 5.92 Å². The van der Waals surface area contributed by atoms with Crippen LogP contribution >= 0.6 is 11.6 Å². The third-order valence-electron chi connectivity index (χ3n) is 4.83. The zero-order valence-corrected chi connectivity index (χ0v) is 14.5. The number of fused-ring (bicyclic) bond motifs is 1. The molecular weight excluding hydrogens is 331 g/mol. The summed E-state index contributed by atoms with van der Waals surface area (Å²) < 4.78 is 13.2. The van der Waals surface area contributed by atoms with E-state index in [1.807, 2.05) is 24.3 Å². The van der Waals surface area contributed by atoms with Gasteiger partial charge >= 0.3 is 0 Å². The van der Waals surface area contributed by atoms with E-state index >= 15 is 0 Å². The first kappa shape index (κ1) is 16.1. The highest BCUT2D eigenvalue weighted by Crippen LogP contribution is 2.40. The molecule has 3 aromatic carbocycles. The summed E-state index contributed by atoms with van der Waals surface area (Å²) in [6.45, 7) is 0. The Labute approximate surface area is 152 Å². The molecule has 1 atom stereocenters. The topological polar surface area (TPSA) is 0 Å². The van der Waals surface area contributed by atoms with Crippen molar-refractivity contribution in [3.63, 3.8) is 0 Å². The minimum Gasteiger partial charge on any atom is -0.207 e. The fourth-order valence-electron chi connectivity index (χ4n) is 3.60. The van der Waals surface area contributed by atoms with Gasteiger partial charge in [-0.3, -0.25) is 0 Å². The maximum atomic E-state index is 13.2. The van der Waals surface area contributed by atoms with Crippen molar-refractivity contribution >= 4 is 17.2 Å². The van der Waals surface area contributed by atoms with Crippen molar-refractivity contribution in [2.75, 3.05) is 0 Å². The molecule has 0 heterocycles. The highest BCUT2D eigenvalue weighted by atomic mass is 35.5. The number of hydrogen-bond donors (Lipinski definition) is 0. The third kappa shape index (κ3) is 3.38. The first-order chi connectivity index (χ1) is 12.2. The quantitative estimate of drug-likeness (QED) is 0.497. The summed E-state index contributed by atoms with van der Waals surface area (Å²) in [5, 5.41) is 0.761. The van der Waals surface area contributed by atoms with Gasteiger partial charge in [-0.15, -0.1) is 0 Å². The molecule has 1 aliphatic carbocycles. The summed E-state index contributed by atoms with van der Waals surface area (Å²) in [7, 11) is 0. The highest BCUT2D eigenvalue weighted by molar-refractivity contribution is 6.30. The first-order valence-corrected chi connectivity index (χ1v) is 8.88. The summed E-state index contributed by atoms with van der Waals surface area (Å²) in [4.78, 5) is 0. The molecule has 0 nitrogen and oxygen atoms in total. The van der Waals surface area contributed by atoms with Crippen LogP contribution in [-0.4, -0.2) is 0 Å². The van der Waals surface area contributed by atoms with Crippen molar-refractivity contribution in [3.8, 4) is 0 Å². The van der Waals surface area contributed by atoms with E-state index in [1.165, 1.54) is 34.4 Å². The molecule has 1 unspecified atom stereocenters. The minimum atomic E-state index is -0.193. The van der Waals surface area contributed by atoms with Gasteiger partial charge in [0.1, 0.15) is 5.82 Å². The third-order valence-corrected chi connectivity index (χ3v) is 5.07. The van der Waals surface area contributed by atoms with Gasteiger partial charge in [-0.25, -0.2) is 4.39 Å². The van der Waals surface area contributed by atoms with Crippen LogP contribution in [-0.2, 0) is 6.42 Å². The summed E-state index contributed by atoms with van der Waals surface area (Å²) >= 11 is 6.29. The summed E-state index contributed by atoms with van der Waals surface area (Å²) in [6, 6.07) is 23.4. The van der Waals surface area contributed by atoms with Crippen LogP contribution in [0.15, 0.2) is 78.9 Å². The second kappa shape index (κ2) is 6.85. The minimum absolute atomic E-state index is 0.193. The SMILES string of the molecule is Fc1ccc(CC2CC=C(c3ccccc3)c3ccc(Cl)cc32)cc1. The molecule has 25 heavy (non-hydrogen) atoms. The number of rotatable bonds is 3. The fourth-order valence-corrected chi connectivity index (χ4v) is 3.78. The van der Waals surface area contributed by atoms with Gasteiger partial charge in [-0.1, -0.05) is 66.2 Å². The van der Waals surface area contributed by atoms with Gasteiger partial charge in [-0.05, 0) is 70.9 Å². The maximum absolute atomic E-state index is 13.2. The van der Waals surface area contributed by atoms with Crippen LogP contribution in [0.3, 0.4) is 0 Å². The Hall–Kier alpha value is -2.38. The maximum Gasteiger partial charge on any atom is 0.123 e. The molecule has 0 bridgehead atoms. The molecule has 1 aliphatic rings. The summed E-state index contributed by atoms with van der Waals surface area (Å²) in [5.74, 6) is 0.161. The van der Waals surface area contributed by atoms with E-state index in [-0.39, 0.29) is 5.82 Å². The monoisotopic (exact) mass is 348 g/mol. The van der Waals surface area contributed by atoms with E-state index < -0.39 is 0 Å². The zero-order chi connectivity index (χ0) is 17.2. The molecule has 0 saturated heterocycles. The molecule has 0 saturated carbocycles. The summed E-state index contributed by atoms with van der Waals surface area (Å²) in [5.41, 5.74) is 6.16. The Morgan fingerprint density at radius 2 is 1.68 bits per heavy atom. The van der Waals surface area contributed by atoms with Gasteiger partial charge < -0.3 is 0 Å². The predicted octanol–water partition coefficient (Wildman–Crippen LogP) is 6.64. The Bertz CT molecular complexity index is 911. The largest absolute Gasteiger partial charge is 0.207 e. The van der Waals surface area contributed by atoms with Crippen LogP contribution < -0.4 is 0 Å².